The number of nitrogens with zero attached hydrogens (tertiary/aromatic N) is 1. The SMILES string of the molecule is CC(C)(C#N)c1ccc(NC(=O)C2CCCC2CN)cc1. The number of nitriles is 1. The van der Waals surface area contributed by atoms with Crippen LogP contribution in [0.5, 0.6) is 0 Å². The number of nitrogens with two attached hydrogens (primary N) is 1. The molecular weight excluding hydrogens is 262 g/mol. The highest BCUT2D eigenvalue weighted by molar-refractivity contribution is 5.92. The molecule has 1 amide bonds. The number of nitrogens with one attached hydrogen (secondary N) is 1. The zero-order valence-corrected chi connectivity index (χ0v) is 12.7. The van der Waals surface area contributed by atoms with Gasteiger partial charge in [0.2, 0.25) is 5.91 Å². The topological polar surface area (TPSA) is 78.9 Å². The van der Waals surface area contributed by atoms with Crippen LogP contribution in [0.3, 0.4) is 0 Å². The molecule has 21 heavy (non-hydrogen) atoms. The van der Waals surface area contributed by atoms with Gasteiger partial charge in [0.25, 0.3) is 0 Å². The second-order valence-corrected chi connectivity index (χ2v) is 6.34. The number of anilines is 1. The Labute approximate surface area is 126 Å². The average Bonchev–Trinajstić information content (AvgIpc) is 2.96. The zero-order valence-electron chi connectivity index (χ0n) is 12.7. The van der Waals surface area contributed by atoms with Crippen molar-refractivity contribution in [1.82, 2.24) is 0 Å². The lowest BCUT2D eigenvalue weighted by Gasteiger charge is -2.19. The molecule has 1 aromatic carbocycles. The van der Waals surface area contributed by atoms with Gasteiger partial charge >= 0.3 is 0 Å². The van der Waals surface area contributed by atoms with Crippen LogP contribution < -0.4 is 11.1 Å². The second-order valence-electron chi connectivity index (χ2n) is 6.34. The maximum atomic E-state index is 12.3. The third-order valence-electron chi connectivity index (χ3n) is 4.45. The third kappa shape index (κ3) is 3.43. The molecule has 0 spiro atoms. The molecular formula is C17H23N3O. The summed E-state index contributed by atoms with van der Waals surface area (Å²) >= 11 is 0. The molecule has 0 aromatic heterocycles. The van der Waals surface area contributed by atoms with E-state index in [4.69, 9.17) is 11.0 Å². The highest BCUT2D eigenvalue weighted by Gasteiger charge is 2.31. The summed E-state index contributed by atoms with van der Waals surface area (Å²) in [5.74, 6) is 0.405. The predicted molar refractivity (Wildman–Crippen MR) is 83.6 cm³/mol. The van der Waals surface area contributed by atoms with Crippen LogP contribution in [0.25, 0.3) is 0 Å². The summed E-state index contributed by atoms with van der Waals surface area (Å²) in [6.45, 7) is 4.34. The lowest BCUT2D eigenvalue weighted by atomic mass is 9.86. The Hall–Kier alpha value is -1.86. The molecule has 0 radical (unpaired) electrons. The molecule has 1 fully saturated rings. The molecule has 1 saturated carbocycles. The molecule has 1 aliphatic rings. The fraction of sp³-hybridized carbons (Fsp3) is 0.529. The number of rotatable bonds is 4. The van der Waals surface area contributed by atoms with Crippen molar-refractivity contribution in [2.24, 2.45) is 17.6 Å². The Balaban J connectivity index is 2.04. The summed E-state index contributed by atoms with van der Waals surface area (Å²) in [4.78, 5) is 12.3. The lowest BCUT2D eigenvalue weighted by molar-refractivity contribution is -0.120. The molecule has 0 aliphatic heterocycles. The van der Waals surface area contributed by atoms with Crippen LogP contribution >= 0.6 is 0 Å². The fourth-order valence-corrected chi connectivity index (χ4v) is 2.93. The molecule has 4 nitrogen and oxygen atoms in total. The number of carbonyl (C=O) groups excluding carboxylic acids is 1. The Morgan fingerprint density at radius 3 is 2.62 bits per heavy atom. The normalized spacial score (nSPS) is 21.8. The van der Waals surface area contributed by atoms with E-state index in [0.717, 1.165) is 30.5 Å². The Morgan fingerprint density at radius 2 is 2.05 bits per heavy atom. The minimum absolute atomic E-state index is 0.0326. The van der Waals surface area contributed by atoms with Crippen LogP contribution in [-0.2, 0) is 10.2 Å². The first-order valence-electron chi connectivity index (χ1n) is 7.50. The van der Waals surface area contributed by atoms with Crippen LogP contribution in [0.1, 0.15) is 38.7 Å². The van der Waals surface area contributed by atoms with E-state index in [-0.39, 0.29) is 11.8 Å². The molecule has 1 aliphatic carbocycles. The van der Waals surface area contributed by atoms with Crippen molar-refractivity contribution in [1.29, 1.82) is 5.26 Å². The van der Waals surface area contributed by atoms with Crippen LogP contribution in [0, 0.1) is 23.2 Å². The zero-order chi connectivity index (χ0) is 15.5. The van der Waals surface area contributed by atoms with Crippen molar-refractivity contribution in [3.63, 3.8) is 0 Å². The van der Waals surface area contributed by atoms with Gasteiger partial charge in [-0.3, -0.25) is 4.79 Å². The van der Waals surface area contributed by atoms with Gasteiger partial charge in [0, 0.05) is 11.6 Å². The summed E-state index contributed by atoms with van der Waals surface area (Å²) in [5.41, 5.74) is 6.94. The standard InChI is InChI=1S/C17H23N3O/c1-17(2,11-19)13-6-8-14(9-7-13)20-16(21)15-5-3-4-12(15)10-18/h6-9,12,15H,3-5,10,18H2,1-2H3,(H,20,21). The van der Waals surface area contributed by atoms with Gasteiger partial charge in [-0.25, -0.2) is 0 Å². The van der Waals surface area contributed by atoms with Gasteiger partial charge in [-0.1, -0.05) is 18.6 Å². The van der Waals surface area contributed by atoms with E-state index in [1.165, 1.54) is 0 Å². The molecule has 3 N–H and O–H groups in total. The summed E-state index contributed by atoms with van der Waals surface area (Å²) < 4.78 is 0. The molecule has 4 heteroatoms. The molecule has 0 saturated heterocycles. The van der Waals surface area contributed by atoms with Crippen LogP contribution in [0.15, 0.2) is 24.3 Å². The van der Waals surface area contributed by atoms with E-state index < -0.39 is 5.41 Å². The Morgan fingerprint density at radius 1 is 1.38 bits per heavy atom. The quantitative estimate of drug-likeness (QED) is 0.892. The summed E-state index contributed by atoms with van der Waals surface area (Å²) in [5, 5.41) is 12.1. The van der Waals surface area contributed by atoms with Gasteiger partial charge in [0.05, 0.1) is 11.5 Å². The monoisotopic (exact) mass is 285 g/mol. The minimum Gasteiger partial charge on any atom is -0.330 e. The number of benzene rings is 1. The van der Waals surface area contributed by atoms with Crippen molar-refractivity contribution in [2.45, 2.75) is 38.5 Å². The first-order valence-corrected chi connectivity index (χ1v) is 7.50. The van der Waals surface area contributed by atoms with E-state index in [1.807, 2.05) is 38.1 Å². The fourth-order valence-electron chi connectivity index (χ4n) is 2.93. The lowest BCUT2D eigenvalue weighted by Crippen LogP contribution is -2.29. The maximum absolute atomic E-state index is 12.3. The minimum atomic E-state index is -0.515. The van der Waals surface area contributed by atoms with E-state index in [2.05, 4.69) is 11.4 Å². The Bertz CT molecular complexity index is 542. The molecule has 2 rings (SSSR count). The molecule has 0 bridgehead atoms. The van der Waals surface area contributed by atoms with E-state index >= 15 is 0 Å². The van der Waals surface area contributed by atoms with Crippen molar-refractivity contribution in [3.8, 4) is 6.07 Å². The molecule has 0 heterocycles. The van der Waals surface area contributed by atoms with Crippen LogP contribution in [-0.4, -0.2) is 12.5 Å². The number of carbonyl (C=O) groups is 1. The summed E-state index contributed by atoms with van der Waals surface area (Å²) in [6.07, 6.45) is 3.05. The van der Waals surface area contributed by atoms with Gasteiger partial charge in [-0.15, -0.1) is 0 Å². The number of hydrogen-bond acceptors (Lipinski definition) is 3. The van der Waals surface area contributed by atoms with E-state index in [1.54, 1.807) is 0 Å². The second kappa shape index (κ2) is 6.28. The highest BCUT2D eigenvalue weighted by Crippen LogP contribution is 2.32. The molecule has 1 aromatic rings. The molecule has 112 valence electrons. The van der Waals surface area contributed by atoms with Gasteiger partial charge < -0.3 is 11.1 Å². The number of hydrogen-bond donors (Lipinski definition) is 2. The number of amides is 1. The van der Waals surface area contributed by atoms with Crippen molar-refractivity contribution in [3.05, 3.63) is 29.8 Å². The third-order valence-corrected chi connectivity index (χ3v) is 4.45. The van der Waals surface area contributed by atoms with Gasteiger partial charge in [-0.05, 0) is 56.8 Å². The van der Waals surface area contributed by atoms with E-state index in [0.29, 0.717) is 12.5 Å². The highest BCUT2D eigenvalue weighted by atomic mass is 16.1. The van der Waals surface area contributed by atoms with Crippen molar-refractivity contribution in [2.75, 3.05) is 11.9 Å². The first kappa shape index (κ1) is 15.5. The maximum Gasteiger partial charge on any atom is 0.227 e. The largest absolute Gasteiger partial charge is 0.330 e. The van der Waals surface area contributed by atoms with Crippen LogP contribution in [0.2, 0.25) is 0 Å². The summed E-state index contributed by atoms with van der Waals surface area (Å²) in [6, 6.07) is 9.79. The van der Waals surface area contributed by atoms with Gasteiger partial charge in [-0.2, -0.15) is 5.26 Å². The van der Waals surface area contributed by atoms with Crippen LogP contribution in [0.4, 0.5) is 5.69 Å². The molecule has 2 atom stereocenters. The van der Waals surface area contributed by atoms with E-state index in [9.17, 15) is 4.79 Å². The molecule has 2 unspecified atom stereocenters. The van der Waals surface area contributed by atoms with Gasteiger partial charge in [0.15, 0.2) is 0 Å². The Kier molecular flexibility index (Phi) is 4.64. The average molecular weight is 285 g/mol. The smallest absolute Gasteiger partial charge is 0.227 e. The van der Waals surface area contributed by atoms with Crippen molar-refractivity contribution < 1.29 is 4.79 Å². The van der Waals surface area contributed by atoms with Crippen molar-refractivity contribution >= 4 is 11.6 Å². The van der Waals surface area contributed by atoms with Gasteiger partial charge in [0.1, 0.15) is 0 Å². The summed E-state index contributed by atoms with van der Waals surface area (Å²) in [7, 11) is 0. The predicted octanol–water partition coefficient (Wildman–Crippen LogP) is 2.80. The first-order chi connectivity index (χ1) is 9.97.